The summed E-state index contributed by atoms with van der Waals surface area (Å²) in [6, 6.07) is 8.45. The third kappa shape index (κ3) is 5.05. The summed E-state index contributed by atoms with van der Waals surface area (Å²) in [4.78, 5) is 4.80. The molecule has 0 spiro atoms. The maximum Gasteiger partial charge on any atom is 0.314 e. The molecule has 1 saturated heterocycles. The van der Waals surface area contributed by atoms with Crippen LogP contribution in [0.15, 0.2) is 40.9 Å². The summed E-state index contributed by atoms with van der Waals surface area (Å²) in [5.41, 5.74) is 1.35. The van der Waals surface area contributed by atoms with E-state index in [1.807, 2.05) is 6.07 Å². The van der Waals surface area contributed by atoms with Gasteiger partial charge >= 0.3 is 6.43 Å². The minimum atomic E-state index is -2.88. The van der Waals surface area contributed by atoms with Crippen molar-refractivity contribution in [2.24, 2.45) is 5.92 Å². The number of likely N-dealkylation sites (tertiary alicyclic amines) is 1. The van der Waals surface area contributed by atoms with Gasteiger partial charge in [-0.2, -0.15) is 8.78 Å². The van der Waals surface area contributed by atoms with E-state index in [1.165, 1.54) is 23.8 Å². The van der Waals surface area contributed by atoms with Gasteiger partial charge in [0.2, 0.25) is 5.89 Å². The molecular weight excluding hydrogens is 465 g/mol. The van der Waals surface area contributed by atoms with Gasteiger partial charge in [-0.1, -0.05) is 18.2 Å². The lowest BCUT2D eigenvalue weighted by atomic mass is 9.99. The first-order valence-electron chi connectivity index (χ1n) is 11.1. The van der Waals surface area contributed by atoms with Crippen molar-refractivity contribution >= 4 is 11.3 Å². The molecule has 1 fully saturated rings. The molecule has 0 atom stereocenters. The minimum absolute atomic E-state index is 0.156. The Kier molecular flexibility index (Phi) is 6.46. The average molecular weight is 489 g/mol. The predicted octanol–water partition coefficient (Wildman–Crippen LogP) is 5.41. The predicted molar refractivity (Wildman–Crippen MR) is 121 cm³/mol. The number of alkyl halides is 2. The number of hydrogen-bond donors (Lipinski definition) is 0. The normalized spacial score (nSPS) is 15.4. The van der Waals surface area contributed by atoms with E-state index in [2.05, 4.69) is 38.4 Å². The van der Waals surface area contributed by atoms with Crippen LogP contribution in [0.5, 0.6) is 0 Å². The molecule has 0 aliphatic carbocycles. The molecular formula is C23H23F3N6OS. The summed E-state index contributed by atoms with van der Waals surface area (Å²) < 4.78 is 46.4. The lowest BCUT2D eigenvalue weighted by molar-refractivity contribution is 0.116. The molecule has 3 aromatic heterocycles. The number of nitrogens with zero attached hydrogens (tertiary/aromatic N) is 6. The maximum absolute atomic E-state index is 14.7. The Balaban J connectivity index is 1.24. The first-order valence-corrected chi connectivity index (χ1v) is 11.9. The SMILES string of the molecule is CC1CCN(Cc2ccc(-c3cn(Cc4ccc(-c5nnc(C(F)F)o5)cc4F)nn3)s2)CC1. The molecule has 4 aromatic rings. The van der Waals surface area contributed by atoms with Crippen molar-refractivity contribution in [3.8, 4) is 22.0 Å². The average Bonchev–Trinajstić information content (AvgIpc) is 3.57. The summed E-state index contributed by atoms with van der Waals surface area (Å²) in [6.45, 7) is 5.70. The molecule has 178 valence electrons. The number of hydrogen-bond acceptors (Lipinski definition) is 7. The van der Waals surface area contributed by atoms with Gasteiger partial charge in [-0.25, -0.2) is 9.07 Å². The van der Waals surface area contributed by atoms with Crippen molar-refractivity contribution in [1.82, 2.24) is 30.1 Å². The minimum Gasteiger partial charge on any atom is -0.415 e. The van der Waals surface area contributed by atoms with Gasteiger partial charge in [-0.3, -0.25) is 4.90 Å². The monoisotopic (exact) mass is 488 g/mol. The van der Waals surface area contributed by atoms with Crippen LogP contribution in [0, 0.1) is 11.7 Å². The molecule has 5 rings (SSSR count). The first-order chi connectivity index (χ1) is 16.4. The quantitative estimate of drug-likeness (QED) is 0.346. The standard InChI is InChI=1S/C23H23F3N6OS/c1-14-6-8-31(9-7-14)12-17-4-5-20(34-17)19-13-32(30-27-19)11-16-3-2-15(10-18(16)24)22-28-29-23(33-22)21(25)26/h2-5,10,13-14,21H,6-9,11-12H2,1H3. The second kappa shape index (κ2) is 9.67. The number of rotatable bonds is 7. The number of halogens is 3. The Hall–Kier alpha value is -3.05. The lowest BCUT2D eigenvalue weighted by Crippen LogP contribution is -2.32. The van der Waals surface area contributed by atoms with Crippen LogP contribution >= 0.6 is 11.3 Å². The molecule has 0 unspecified atom stereocenters. The number of thiophene rings is 1. The Morgan fingerprint density at radius 2 is 1.91 bits per heavy atom. The van der Waals surface area contributed by atoms with E-state index in [4.69, 9.17) is 4.42 Å². The summed E-state index contributed by atoms with van der Waals surface area (Å²) in [5.74, 6) is -0.669. The molecule has 11 heteroatoms. The number of benzene rings is 1. The van der Waals surface area contributed by atoms with Crippen molar-refractivity contribution in [2.45, 2.75) is 39.3 Å². The van der Waals surface area contributed by atoms with Gasteiger partial charge in [0.15, 0.2) is 0 Å². The van der Waals surface area contributed by atoms with Gasteiger partial charge in [0.25, 0.3) is 5.89 Å². The van der Waals surface area contributed by atoms with Gasteiger partial charge < -0.3 is 4.42 Å². The molecule has 4 heterocycles. The van der Waals surface area contributed by atoms with E-state index in [9.17, 15) is 13.2 Å². The van der Waals surface area contributed by atoms with Gasteiger partial charge in [0, 0.05) is 22.5 Å². The van der Waals surface area contributed by atoms with Crippen molar-refractivity contribution in [2.75, 3.05) is 13.1 Å². The van der Waals surface area contributed by atoms with Gasteiger partial charge in [-0.05, 0) is 56.1 Å². The third-order valence-electron chi connectivity index (χ3n) is 5.97. The molecule has 1 aliphatic rings. The molecule has 0 bridgehead atoms. The number of aromatic nitrogens is 5. The highest BCUT2D eigenvalue weighted by Gasteiger charge is 2.19. The van der Waals surface area contributed by atoms with Gasteiger partial charge in [-0.15, -0.1) is 26.6 Å². The van der Waals surface area contributed by atoms with Gasteiger partial charge in [0.05, 0.1) is 17.6 Å². The molecule has 0 radical (unpaired) electrons. The van der Waals surface area contributed by atoms with E-state index in [-0.39, 0.29) is 18.0 Å². The molecule has 0 amide bonds. The number of piperidine rings is 1. The lowest BCUT2D eigenvalue weighted by Gasteiger charge is -2.29. The highest BCUT2D eigenvalue weighted by Crippen LogP contribution is 2.29. The van der Waals surface area contributed by atoms with E-state index >= 15 is 0 Å². The molecule has 1 aromatic carbocycles. The topological polar surface area (TPSA) is 72.9 Å². The summed E-state index contributed by atoms with van der Waals surface area (Å²) >= 11 is 1.70. The molecule has 34 heavy (non-hydrogen) atoms. The zero-order chi connectivity index (χ0) is 23.7. The summed E-state index contributed by atoms with van der Waals surface area (Å²) in [5, 5.41) is 15.2. The fourth-order valence-corrected chi connectivity index (χ4v) is 4.95. The molecule has 1 aliphatic heterocycles. The highest BCUT2D eigenvalue weighted by atomic mass is 32.1. The summed E-state index contributed by atoms with van der Waals surface area (Å²) in [6.07, 6.45) is 1.41. The zero-order valence-electron chi connectivity index (χ0n) is 18.5. The van der Waals surface area contributed by atoms with Crippen LogP contribution in [0.4, 0.5) is 13.2 Å². The highest BCUT2D eigenvalue weighted by molar-refractivity contribution is 7.15. The Morgan fingerprint density at radius 1 is 1.09 bits per heavy atom. The maximum atomic E-state index is 14.7. The second-order valence-electron chi connectivity index (χ2n) is 8.58. The van der Waals surface area contributed by atoms with E-state index in [0.29, 0.717) is 5.56 Å². The fraction of sp³-hybridized carbons (Fsp3) is 0.391. The smallest absolute Gasteiger partial charge is 0.314 e. The first kappa shape index (κ1) is 22.7. The van der Waals surface area contributed by atoms with E-state index in [0.717, 1.165) is 36.1 Å². The van der Waals surface area contributed by atoms with Crippen LogP contribution in [-0.4, -0.2) is 43.2 Å². The van der Waals surface area contributed by atoms with Crippen LogP contribution < -0.4 is 0 Å². The van der Waals surface area contributed by atoms with Crippen LogP contribution in [0.1, 0.15) is 42.5 Å². The Labute approximate surface area is 198 Å². The largest absolute Gasteiger partial charge is 0.415 e. The van der Waals surface area contributed by atoms with E-state index < -0.39 is 18.1 Å². The molecule has 7 nitrogen and oxygen atoms in total. The fourth-order valence-electron chi connectivity index (χ4n) is 3.95. The Bertz CT molecular complexity index is 1260. The zero-order valence-corrected chi connectivity index (χ0v) is 19.3. The third-order valence-corrected chi connectivity index (χ3v) is 7.06. The van der Waals surface area contributed by atoms with E-state index in [1.54, 1.807) is 34.3 Å². The van der Waals surface area contributed by atoms with Gasteiger partial charge in [0.1, 0.15) is 11.5 Å². The van der Waals surface area contributed by atoms with Crippen LogP contribution in [0.2, 0.25) is 0 Å². The van der Waals surface area contributed by atoms with Crippen LogP contribution in [0.3, 0.4) is 0 Å². The molecule has 0 saturated carbocycles. The summed E-state index contributed by atoms with van der Waals surface area (Å²) in [7, 11) is 0. The van der Waals surface area contributed by atoms with Crippen LogP contribution in [0.25, 0.3) is 22.0 Å². The second-order valence-corrected chi connectivity index (χ2v) is 9.75. The van der Waals surface area contributed by atoms with Crippen molar-refractivity contribution in [3.05, 3.63) is 58.7 Å². The van der Waals surface area contributed by atoms with Crippen molar-refractivity contribution in [3.63, 3.8) is 0 Å². The van der Waals surface area contributed by atoms with Crippen molar-refractivity contribution < 1.29 is 17.6 Å². The van der Waals surface area contributed by atoms with Crippen LogP contribution in [-0.2, 0) is 13.1 Å². The van der Waals surface area contributed by atoms with Crippen molar-refractivity contribution in [1.29, 1.82) is 0 Å². The molecule has 0 N–H and O–H groups in total. The Morgan fingerprint density at radius 3 is 2.65 bits per heavy atom.